The Kier molecular flexibility index (Phi) is 6.42. The lowest BCUT2D eigenvalue weighted by Crippen LogP contribution is -3.00. The zero-order valence-corrected chi connectivity index (χ0v) is 12.9. The van der Waals surface area contributed by atoms with Crippen LogP contribution >= 0.6 is 15.9 Å². The molecule has 2 rings (SSSR count). The van der Waals surface area contributed by atoms with Gasteiger partial charge >= 0.3 is 5.97 Å². The van der Waals surface area contributed by atoms with E-state index in [1.54, 1.807) is 17.0 Å². The van der Waals surface area contributed by atoms with E-state index in [1.807, 2.05) is 48.6 Å². The fourth-order valence-electron chi connectivity index (χ4n) is 1.61. The molecule has 0 radical (unpaired) electrons. The smallest absolute Gasteiger partial charge is 0.370 e. The van der Waals surface area contributed by atoms with E-state index in [4.69, 9.17) is 5.11 Å². The second kappa shape index (κ2) is 7.82. The molecule has 0 fully saturated rings. The van der Waals surface area contributed by atoms with Crippen LogP contribution in [0.25, 0.3) is 12.2 Å². The highest BCUT2D eigenvalue weighted by molar-refractivity contribution is 9.10. The molecule has 0 aliphatic rings. The highest BCUT2D eigenvalue weighted by atomic mass is 79.9. The predicted octanol–water partition coefficient (Wildman–Crippen LogP) is -0.00440. The van der Waals surface area contributed by atoms with Crippen molar-refractivity contribution in [3.05, 3.63) is 64.4 Å². The summed E-state index contributed by atoms with van der Waals surface area (Å²) in [6.45, 7) is -0.0172. The normalized spacial score (nSPS) is 10.2. The number of carbonyl (C=O) groups is 1. The first-order valence-corrected chi connectivity index (χ1v) is 6.57. The minimum absolute atomic E-state index is 0. The van der Waals surface area contributed by atoms with E-state index in [0.29, 0.717) is 0 Å². The molecule has 3 nitrogen and oxygen atoms in total. The van der Waals surface area contributed by atoms with Gasteiger partial charge in [-0.05, 0) is 23.3 Å². The van der Waals surface area contributed by atoms with Crippen LogP contribution in [0.3, 0.4) is 0 Å². The molecular formula is C15H13BrClNO2. The predicted molar refractivity (Wildman–Crippen MR) is 77.3 cm³/mol. The van der Waals surface area contributed by atoms with Gasteiger partial charge in [-0.3, -0.25) is 0 Å². The maximum atomic E-state index is 10.6. The number of pyridine rings is 1. The van der Waals surface area contributed by atoms with Gasteiger partial charge in [0, 0.05) is 16.6 Å². The van der Waals surface area contributed by atoms with E-state index < -0.39 is 5.97 Å². The van der Waals surface area contributed by atoms with Crippen molar-refractivity contribution in [3.8, 4) is 0 Å². The van der Waals surface area contributed by atoms with Crippen molar-refractivity contribution in [1.82, 2.24) is 0 Å². The summed E-state index contributed by atoms with van der Waals surface area (Å²) in [5, 5.41) is 8.67. The maximum Gasteiger partial charge on any atom is 0.370 e. The number of carboxylic acids is 1. The lowest BCUT2D eigenvalue weighted by atomic mass is 10.1. The number of aromatic nitrogens is 1. The summed E-state index contributed by atoms with van der Waals surface area (Å²) >= 11 is 3.39. The molecule has 0 amide bonds. The second-order valence-corrected chi connectivity index (χ2v) is 5.00. The monoisotopic (exact) mass is 353 g/mol. The molecule has 1 N–H and O–H groups in total. The number of hydrogen-bond donors (Lipinski definition) is 1. The van der Waals surface area contributed by atoms with Crippen LogP contribution in [-0.4, -0.2) is 11.1 Å². The van der Waals surface area contributed by atoms with Crippen LogP contribution in [-0.2, 0) is 11.3 Å². The fraction of sp³-hybridized carbons (Fsp3) is 0.0667. The molecular weight excluding hydrogens is 342 g/mol. The molecule has 0 saturated carbocycles. The van der Waals surface area contributed by atoms with Gasteiger partial charge in [0.25, 0.3) is 0 Å². The van der Waals surface area contributed by atoms with Crippen molar-refractivity contribution < 1.29 is 26.9 Å². The third-order valence-corrected chi connectivity index (χ3v) is 3.10. The Morgan fingerprint density at radius 2 is 1.55 bits per heavy atom. The Morgan fingerprint density at radius 1 is 1.05 bits per heavy atom. The summed E-state index contributed by atoms with van der Waals surface area (Å²) < 4.78 is 2.68. The molecule has 0 aliphatic heterocycles. The van der Waals surface area contributed by atoms with Crippen LogP contribution in [0.2, 0.25) is 0 Å². The van der Waals surface area contributed by atoms with Gasteiger partial charge in [-0.1, -0.05) is 40.2 Å². The average molecular weight is 355 g/mol. The molecule has 20 heavy (non-hydrogen) atoms. The Hall–Kier alpha value is -1.65. The molecule has 5 heteroatoms. The number of aliphatic carboxylic acids is 1. The lowest BCUT2D eigenvalue weighted by molar-refractivity contribution is -0.685. The van der Waals surface area contributed by atoms with Crippen LogP contribution in [0.15, 0.2) is 53.3 Å². The SMILES string of the molecule is O=C(O)C[n+]1ccc(/C=C\c2ccc(Br)cc2)cc1.[Cl-]. The van der Waals surface area contributed by atoms with Gasteiger partial charge in [-0.2, -0.15) is 4.57 Å². The largest absolute Gasteiger partial charge is 1.00 e. The summed E-state index contributed by atoms with van der Waals surface area (Å²) in [6, 6.07) is 11.8. The van der Waals surface area contributed by atoms with Crippen molar-refractivity contribution in [3.63, 3.8) is 0 Å². The van der Waals surface area contributed by atoms with Crippen LogP contribution < -0.4 is 17.0 Å². The summed E-state index contributed by atoms with van der Waals surface area (Å²) in [7, 11) is 0. The van der Waals surface area contributed by atoms with Crippen molar-refractivity contribution in [1.29, 1.82) is 0 Å². The molecule has 1 aromatic heterocycles. The van der Waals surface area contributed by atoms with E-state index in [0.717, 1.165) is 15.6 Å². The first kappa shape index (κ1) is 16.4. The van der Waals surface area contributed by atoms with Crippen LogP contribution in [0.4, 0.5) is 0 Å². The van der Waals surface area contributed by atoms with Gasteiger partial charge in [-0.25, -0.2) is 4.79 Å². The Bertz CT molecular complexity index is 594. The zero-order chi connectivity index (χ0) is 13.7. The van der Waals surface area contributed by atoms with Crippen LogP contribution in [0.1, 0.15) is 11.1 Å². The minimum Gasteiger partial charge on any atom is -1.00 e. The zero-order valence-electron chi connectivity index (χ0n) is 10.5. The molecule has 0 atom stereocenters. The van der Waals surface area contributed by atoms with Crippen molar-refractivity contribution in [2.75, 3.05) is 0 Å². The van der Waals surface area contributed by atoms with E-state index in [2.05, 4.69) is 15.9 Å². The van der Waals surface area contributed by atoms with Gasteiger partial charge in [0.1, 0.15) is 0 Å². The molecule has 1 heterocycles. The lowest BCUT2D eigenvalue weighted by Gasteiger charge is -1.95. The molecule has 0 aliphatic carbocycles. The van der Waals surface area contributed by atoms with Crippen molar-refractivity contribution in [2.45, 2.75) is 6.54 Å². The number of benzene rings is 1. The first-order chi connectivity index (χ1) is 9.13. The molecule has 0 saturated heterocycles. The third-order valence-electron chi connectivity index (χ3n) is 2.57. The summed E-state index contributed by atoms with van der Waals surface area (Å²) in [4.78, 5) is 10.6. The Morgan fingerprint density at radius 3 is 2.05 bits per heavy atom. The first-order valence-electron chi connectivity index (χ1n) is 5.78. The summed E-state index contributed by atoms with van der Waals surface area (Å²) in [5.41, 5.74) is 2.15. The molecule has 0 spiro atoms. The quantitative estimate of drug-likeness (QED) is 0.785. The minimum atomic E-state index is -0.844. The number of rotatable bonds is 4. The standard InChI is InChI=1S/C15H12BrNO2.ClH/c16-14-5-3-12(4-6-14)1-2-13-7-9-17(10-8-13)11-15(18)19;/h1-10H,11H2;1H/b2-1-;. The highest BCUT2D eigenvalue weighted by Gasteiger charge is 2.05. The topological polar surface area (TPSA) is 41.2 Å². The molecule has 104 valence electrons. The van der Waals surface area contributed by atoms with Crippen molar-refractivity contribution >= 4 is 34.1 Å². The Labute approximate surface area is 132 Å². The molecule has 0 unspecified atom stereocenters. The number of hydrogen-bond acceptors (Lipinski definition) is 1. The van der Waals surface area contributed by atoms with Gasteiger partial charge < -0.3 is 17.5 Å². The highest BCUT2D eigenvalue weighted by Crippen LogP contribution is 2.12. The number of nitrogens with zero attached hydrogens (tertiary/aromatic N) is 1. The van der Waals surface area contributed by atoms with Gasteiger partial charge in [-0.15, -0.1) is 0 Å². The van der Waals surface area contributed by atoms with E-state index >= 15 is 0 Å². The van der Waals surface area contributed by atoms with Crippen molar-refractivity contribution in [2.24, 2.45) is 0 Å². The molecule has 0 bridgehead atoms. The number of halogens is 2. The fourth-order valence-corrected chi connectivity index (χ4v) is 1.87. The third kappa shape index (κ3) is 5.15. The van der Waals surface area contributed by atoms with Gasteiger partial charge in [0.2, 0.25) is 6.54 Å². The number of carboxylic acid groups (broad SMARTS) is 1. The maximum absolute atomic E-state index is 10.6. The van der Waals surface area contributed by atoms with Gasteiger partial charge in [0.05, 0.1) is 0 Å². The van der Waals surface area contributed by atoms with E-state index in [1.165, 1.54) is 0 Å². The molecule has 2 aromatic rings. The van der Waals surface area contributed by atoms with Crippen LogP contribution in [0, 0.1) is 0 Å². The summed E-state index contributed by atoms with van der Waals surface area (Å²) in [5.74, 6) is -0.844. The van der Waals surface area contributed by atoms with E-state index in [-0.39, 0.29) is 19.0 Å². The second-order valence-electron chi connectivity index (χ2n) is 4.08. The average Bonchev–Trinajstić information content (AvgIpc) is 2.39. The van der Waals surface area contributed by atoms with Gasteiger partial charge in [0.15, 0.2) is 12.4 Å². The molecule has 1 aromatic carbocycles. The Balaban J connectivity index is 0.00000200. The van der Waals surface area contributed by atoms with Crippen LogP contribution in [0.5, 0.6) is 0 Å². The summed E-state index contributed by atoms with van der Waals surface area (Å²) in [6.07, 6.45) is 7.53. The van der Waals surface area contributed by atoms with E-state index in [9.17, 15) is 4.79 Å².